The van der Waals surface area contributed by atoms with E-state index in [4.69, 9.17) is 18.0 Å². The highest BCUT2D eigenvalue weighted by molar-refractivity contribution is 8.15. The van der Waals surface area contributed by atoms with Crippen molar-refractivity contribution in [1.82, 2.24) is 9.88 Å². The van der Waals surface area contributed by atoms with E-state index >= 15 is 0 Å². The number of amidine groups is 1. The number of benzene rings is 2. The highest BCUT2D eigenvalue weighted by Gasteiger charge is 2.39. The Labute approximate surface area is 205 Å². The minimum Gasteiger partial charge on any atom is -0.326 e. The molecule has 0 radical (unpaired) electrons. The van der Waals surface area contributed by atoms with Gasteiger partial charge in [0.2, 0.25) is 11.8 Å². The number of rotatable bonds is 6. The Bertz CT molecular complexity index is 1280. The summed E-state index contributed by atoms with van der Waals surface area (Å²) in [5.74, 6) is 2.16. The third-order valence-electron chi connectivity index (χ3n) is 4.88. The number of carbonyl (C=O) groups excluding carboxylic acids is 2. The van der Waals surface area contributed by atoms with Gasteiger partial charge in [-0.2, -0.15) is 0 Å². The van der Waals surface area contributed by atoms with Gasteiger partial charge in [0, 0.05) is 27.6 Å². The van der Waals surface area contributed by atoms with E-state index in [0.29, 0.717) is 33.7 Å². The molecule has 0 unspecified atom stereocenters. The standard InChI is InChI=1S/C24H19ClN4O2S2/c1-3-16-6-4-8-18(10-16)28-24-29(13-21-15(2)26-14-32-21)23(31)20(33-24)12-22(30)27-19-9-5-7-17(25)11-19/h1,4-11,14,20H,12-13H2,2H3,(H,27,30)/t20-/m1/s1. The van der Waals surface area contributed by atoms with Crippen LogP contribution < -0.4 is 5.32 Å². The number of amides is 2. The lowest BCUT2D eigenvalue weighted by molar-refractivity contribution is -0.128. The number of hydrogen-bond acceptors (Lipinski definition) is 6. The van der Waals surface area contributed by atoms with Gasteiger partial charge in [0.1, 0.15) is 5.25 Å². The van der Waals surface area contributed by atoms with Gasteiger partial charge in [0.25, 0.3) is 0 Å². The maximum absolute atomic E-state index is 13.3. The number of nitrogens with one attached hydrogen (secondary N) is 1. The Morgan fingerprint density at radius 2 is 2.12 bits per heavy atom. The molecule has 0 saturated carbocycles. The highest BCUT2D eigenvalue weighted by atomic mass is 35.5. The number of terminal acetylenes is 1. The van der Waals surface area contributed by atoms with E-state index in [-0.39, 0.29) is 18.2 Å². The molecule has 2 amide bonds. The van der Waals surface area contributed by atoms with Crippen molar-refractivity contribution >= 4 is 63.1 Å². The molecule has 3 aromatic rings. The summed E-state index contributed by atoms with van der Waals surface area (Å²) < 4.78 is 0. The van der Waals surface area contributed by atoms with Crippen molar-refractivity contribution in [2.75, 3.05) is 5.32 Å². The number of thioether (sulfide) groups is 1. The van der Waals surface area contributed by atoms with Crippen LogP contribution in [0.1, 0.15) is 22.6 Å². The molecule has 2 aromatic carbocycles. The molecule has 166 valence electrons. The molecular weight excluding hydrogens is 476 g/mol. The SMILES string of the molecule is C#Cc1cccc(N=C2S[C@H](CC(=O)Nc3cccc(Cl)c3)C(=O)N2Cc2scnc2C)c1. The average molecular weight is 495 g/mol. The molecule has 1 aliphatic heterocycles. The molecule has 0 bridgehead atoms. The number of halogens is 1. The van der Waals surface area contributed by atoms with Gasteiger partial charge in [-0.25, -0.2) is 9.98 Å². The van der Waals surface area contributed by atoms with Crippen molar-refractivity contribution < 1.29 is 9.59 Å². The Morgan fingerprint density at radius 1 is 1.30 bits per heavy atom. The van der Waals surface area contributed by atoms with E-state index < -0.39 is 5.25 Å². The Kier molecular flexibility index (Phi) is 7.14. The van der Waals surface area contributed by atoms with Gasteiger partial charge in [-0.1, -0.05) is 41.4 Å². The number of thiazole rings is 1. The fourth-order valence-electron chi connectivity index (χ4n) is 3.21. The van der Waals surface area contributed by atoms with Crippen LogP contribution in [0.25, 0.3) is 0 Å². The summed E-state index contributed by atoms with van der Waals surface area (Å²) in [4.78, 5) is 37.5. The minimum atomic E-state index is -0.591. The van der Waals surface area contributed by atoms with E-state index in [2.05, 4.69) is 21.2 Å². The van der Waals surface area contributed by atoms with Crippen LogP contribution in [0, 0.1) is 19.3 Å². The number of carbonyl (C=O) groups is 2. The second kappa shape index (κ2) is 10.2. The quantitative estimate of drug-likeness (QED) is 0.475. The molecule has 4 rings (SSSR count). The second-order valence-corrected chi connectivity index (χ2v) is 9.79. The molecule has 1 fully saturated rings. The zero-order valence-electron chi connectivity index (χ0n) is 17.6. The summed E-state index contributed by atoms with van der Waals surface area (Å²) in [5, 5.41) is 3.26. The van der Waals surface area contributed by atoms with Gasteiger partial charge in [0.15, 0.2) is 5.17 Å². The van der Waals surface area contributed by atoms with Crippen molar-refractivity contribution in [2.45, 2.75) is 25.1 Å². The fraction of sp³-hybridized carbons (Fsp3) is 0.167. The predicted molar refractivity (Wildman–Crippen MR) is 135 cm³/mol. The van der Waals surface area contributed by atoms with Crippen LogP contribution in [0.15, 0.2) is 59.0 Å². The first-order valence-corrected chi connectivity index (χ1v) is 12.1. The molecule has 1 saturated heterocycles. The van der Waals surface area contributed by atoms with Crippen molar-refractivity contribution in [3.8, 4) is 12.3 Å². The van der Waals surface area contributed by atoms with Crippen molar-refractivity contribution in [2.24, 2.45) is 4.99 Å². The second-order valence-electron chi connectivity index (χ2n) is 7.24. The normalized spacial score (nSPS) is 16.8. The Balaban J connectivity index is 1.57. The topological polar surface area (TPSA) is 74.7 Å². The van der Waals surface area contributed by atoms with Crippen LogP contribution in [0.3, 0.4) is 0 Å². The molecule has 9 heteroatoms. The van der Waals surface area contributed by atoms with E-state index in [1.807, 2.05) is 25.1 Å². The highest BCUT2D eigenvalue weighted by Crippen LogP contribution is 2.34. The van der Waals surface area contributed by atoms with Crippen LogP contribution in [0.4, 0.5) is 11.4 Å². The summed E-state index contributed by atoms with van der Waals surface area (Å²) >= 11 is 8.75. The monoisotopic (exact) mass is 494 g/mol. The molecule has 0 aliphatic carbocycles. The number of nitrogens with zero attached hydrogens (tertiary/aromatic N) is 3. The smallest absolute Gasteiger partial charge is 0.243 e. The third-order valence-corrected chi connectivity index (χ3v) is 7.21. The fourth-order valence-corrected chi connectivity index (χ4v) is 5.33. The molecule has 1 N–H and O–H groups in total. The van der Waals surface area contributed by atoms with E-state index in [0.717, 1.165) is 10.6 Å². The van der Waals surface area contributed by atoms with Crippen molar-refractivity contribution in [1.29, 1.82) is 0 Å². The van der Waals surface area contributed by atoms with Crippen LogP contribution in [-0.4, -0.2) is 32.1 Å². The minimum absolute atomic E-state index is 0.0115. The molecule has 0 spiro atoms. The van der Waals surface area contributed by atoms with Crippen molar-refractivity contribution in [3.05, 3.63) is 75.2 Å². The summed E-state index contributed by atoms with van der Waals surface area (Å²) in [6.45, 7) is 2.26. The molecule has 1 aromatic heterocycles. The summed E-state index contributed by atoms with van der Waals surface area (Å²) in [6, 6.07) is 14.1. The lowest BCUT2D eigenvalue weighted by atomic mass is 10.2. The maximum atomic E-state index is 13.3. The third kappa shape index (κ3) is 5.63. The first kappa shape index (κ1) is 23.1. The summed E-state index contributed by atoms with van der Waals surface area (Å²) in [6.07, 6.45) is 5.52. The van der Waals surface area contributed by atoms with E-state index in [1.165, 1.54) is 23.1 Å². The zero-order chi connectivity index (χ0) is 23.4. The first-order valence-electron chi connectivity index (χ1n) is 10.0. The molecule has 1 atom stereocenters. The van der Waals surface area contributed by atoms with E-state index in [1.54, 1.807) is 40.7 Å². The molecule has 33 heavy (non-hydrogen) atoms. The molecular formula is C24H19ClN4O2S2. The summed E-state index contributed by atoms with van der Waals surface area (Å²) in [7, 11) is 0. The number of aliphatic imine (C=N–C) groups is 1. The van der Waals surface area contributed by atoms with Crippen LogP contribution in [0.5, 0.6) is 0 Å². The van der Waals surface area contributed by atoms with Gasteiger partial charge in [-0.15, -0.1) is 17.8 Å². The Hall–Kier alpha value is -3.12. The van der Waals surface area contributed by atoms with Gasteiger partial charge >= 0.3 is 0 Å². The average Bonchev–Trinajstić information content (AvgIpc) is 3.32. The van der Waals surface area contributed by atoms with Gasteiger partial charge in [-0.3, -0.25) is 14.5 Å². The van der Waals surface area contributed by atoms with Gasteiger partial charge < -0.3 is 5.32 Å². The largest absolute Gasteiger partial charge is 0.326 e. The summed E-state index contributed by atoms with van der Waals surface area (Å²) in [5.41, 5.74) is 4.56. The van der Waals surface area contributed by atoms with E-state index in [9.17, 15) is 9.59 Å². The lowest BCUT2D eigenvalue weighted by Gasteiger charge is -2.16. The van der Waals surface area contributed by atoms with Crippen molar-refractivity contribution in [3.63, 3.8) is 0 Å². The van der Waals surface area contributed by atoms with Gasteiger partial charge in [0.05, 0.1) is 23.4 Å². The zero-order valence-corrected chi connectivity index (χ0v) is 20.0. The van der Waals surface area contributed by atoms with Crippen LogP contribution in [-0.2, 0) is 16.1 Å². The molecule has 2 heterocycles. The first-order chi connectivity index (χ1) is 15.9. The van der Waals surface area contributed by atoms with Crippen LogP contribution in [0.2, 0.25) is 5.02 Å². The number of anilines is 1. The Morgan fingerprint density at radius 3 is 2.85 bits per heavy atom. The number of aromatic nitrogens is 1. The predicted octanol–water partition coefficient (Wildman–Crippen LogP) is 5.25. The number of hydrogen-bond donors (Lipinski definition) is 1. The maximum Gasteiger partial charge on any atom is 0.243 e. The number of aryl methyl sites for hydroxylation is 1. The lowest BCUT2D eigenvalue weighted by Crippen LogP contribution is -2.33. The molecule has 1 aliphatic rings. The van der Waals surface area contributed by atoms with Gasteiger partial charge in [-0.05, 0) is 43.3 Å². The van der Waals surface area contributed by atoms with Crippen LogP contribution >= 0.6 is 34.7 Å². The molecule has 6 nitrogen and oxygen atoms in total.